The molecule has 29 heavy (non-hydrogen) atoms. The van der Waals surface area contributed by atoms with E-state index in [-0.39, 0.29) is 18.6 Å². The maximum Gasteiger partial charge on any atom is 0.261 e. The van der Waals surface area contributed by atoms with Gasteiger partial charge in [0.1, 0.15) is 17.2 Å². The minimum Gasteiger partial charge on any atom is -0.497 e. The highest BCUT2D eigenvalue weighted by atomic mass is 16.5. The van der Waals surface area contributed by atoms with Gasteiger partial charge in [-0.3, -0.25) is 4.79 Å². The molecule has 1 atom stereocenters. The molecule has 150 valence electrons. The van der Waals surface area contributed by atoms with Gasteiger partial charge in [-0.2, -0.15) is 0 Å². The summed E-state index contributed by atoms with van der Waals surface area (Å²) in [6, 6.07) is 19.7. The van der Waals surface area contributed by atoms with Crippen molar-refractivity contribution in [3.63, 3.8) is 0 Å². The topological polar surface area (TPSA) is 48.0 Å². The molecular formula is C24H25NO4. The summed E-state index contributed by atoms with van der Waals surface area (Å²) in [5, 5.41) is 2.11. The lowest BCUT2D eigenvalue weighted by molar-refractivity contribution is -0.134. The lowest BCUT2D eigenvalue weighted by Gasteiger charge is -2.26. The molecule has 0 spiro atoms. The van der Waals surface area contributed by atoms with Crippen molar-refractivity contribution in [3.8, 4) is 17.2 Å². The van der Waals surface area contributed by atoms with Crippen LogP contribution in [0.4, 0.5) is 0 Å². The third kappa shape index (κ3) is 3.86. The Morgan fingerprint density at radius 2 is 1.83 bits per heavy atom. The molecule has 1 saturated heterocycles. The van der Waals surface area contributed by atoms with Crippen molar-refractivity contribution in [2.45, 2.75) is 18.9 Å². The van der Waals surface area contributed by atoms with E-state index in [4.69, 9.17) is 14.2 Å². The maximum absolute atomic E-state index is 13.0. The molecule has 5 heteroatoms. The molecule has 1 amide bonds. The maximum atomic E-state index is 13.0. The Labute approximate surface area is 170 Å². The second kappa shape index (κ2) is 8.43. The molecule has 0 saturated carbocycles. The second-order valence-corrected chi connectivity index (χ2v) is 7.12. The number of rotatable bonds is 6. The molecule has 0 bridgehead atoms. The first kappa shape index (κ1) is 19.1. The lowest BCUT2D eigenvalue weighted by atomic mass is 10.0. The summed E-state index contributed by atoms with van der Waals surface area (Å²) in [7, 11) is 3.27. The number of amides is 1. The molecule has 4 rings (SSSR count). The molecule has 3 aromatic carbocycles. The quantitative estimate of drug-likeness (QED) is 0.616. The molecule has 0 radical (unpaired) electrons. The van der Waals surface area contributed by atoms with Crippen LogP contribution in [0.5, 0.6) is 17.2 Å². The number of likely N-dealkylation sites (tertiary alicyclic amines) is 1. The summed E-state index contributed by atoms with van der Waals surface area (Å²) in [6.07, 6.45) is 1.86. The van der Waals surface area contributed by atoms with Gasteiger partial charge >= 0.3 is 0 Å². The van der Waals surface area contributed by atoms with Gasteiger partial charge in [-0.1, -0.05) is 36.4 Å². The molecule has 1 aliphatic rings. The Kier molecular flexibility index (Phi) is 5.56. The van der Waals surface area contributed by atoms with Crippen LogP contribution in [-0.4, -0.2) is 38.2 Å². The van der Waals surface area contributed by atoms with Crippen LogP contribution in [0.1, 0.15) is 24.4 Å². The number of methoxy groups -OCH3 is 2. The second-order valence-electron chi connectivity index (χ2n) is 7.12. The molecule has 1 heterocycles. The number of hydrogen-bond acceptors (Lipinski definition) is 4. The van der Waals surface area contributed by atoms with E-state index in [9.17, 15) is 4.79 Å². The third-order valence-corrected chi connectivity index (χ3v) is 5.47. The molecule has 1 aliphatic heterocycles. The van der Waals surface area contributed by atoms with E-state index in [0.29, 0.717) is 0 Å². The number of nitrogens with zero attached hydrogens (tertiary/aromatic N) is 1. The molecule has 1 fully saturated rings. The van der Waals surface area contributed by atoms with Crippen molar-refractivity contribution in [1.82, 2.24) is 4.90 Å². The van der Waals surface area contributed by atoms with Crippen LogP contribution in [0.2, 0.25) is 0 Å². The fourth-order valence-corrected chi connectivity index (χ4v) is 4.03. The van der Waals surface area contributed by atoms with E-state index in [1.807, 2.05) is 65.6 Å². The van der Waals surface area contributed by atoms with E-state index in [1.165, 1.54) is 0 Å². The number of ether oxygens (including phenoxy) is 3. The zero-order valence-corrected chi connectivity index (χ0v) is 16.8. The van der Waals surface area contributed by atoms with Gasteiger partial charge in [-0.05, 0) is 36.4 Å². The van der Waals surface area contributed by atoms with Crippen molar-refractivity contribution in [3.05, 3.63) is 66.2 Å². The number of carbonyl (C=O) groups excluding carboxylic acids is 1. The summed E-state index contributed by atoms with van der Waals surface area (Å²) in [5.41, 5.74) is 1.00. The van der Waals surface area contributed by atoms with Gasteiger partial charge in [0.25, 0.3) is 5.91 Å². The summed E-state index contributed by atoms with van der Waals surface area (Å²) >= 11 is 0. The molecule has 0 aromatic heterocycles. The predicted octanol–water partition coefficient (Wildman–Crippen LogP) is 4.60. The molecule has 0 unspecified atom stereocenters. The highest BCUT2D eigenvalue weighted by Gasteiger charge is 2.32. The standard InChI is InChI=1S/C24H25NO4/c1-27-18-12-13-20(23(15-18)28-2)21-10-6-14-25(21)24(26)16-29-22-11-5-8-17-7-3-4-9-19(17)22/h3-5,7-9,11-13,15,21H,6,10,14,16H2,1-2H3/t21-/m1/s1. The van der Waals surface area contributed by atoms with E-state index in [2.05, 4.69) is 0 Å². The van der Waals surface area contributed by atoms with Crippen LogP contribution in [0.25, 0.3) is 10.8 Å². The normalized spacial score (nSPS) is 16.1. The van der Waals surface area contributed by atoms with Crippen molar-refractivity contribution >= 4 is 16.7 Å². The Hall–Kier alpha value is -3.21. The van der Waals surface area contributed by atoms with Crippen LogP contribution in [0.3, 0.4) is 0 Å². The van der Waals surface area contributed by atoms with E-state index in [1.54, 1.807) is 14.2 Å². The first-order valence-corrected chi connectivity index (χ1v) is 9.83. The van der Waals surface area contributed by atoms with Gasteiger partial charge in [-0.15, -0.1) is 0 Å². The summed E-state index contributed by atoms with van der Waals surface area (Å²) in [6.45, 7) is 0.737. The average molecular weight is 391 g/mol. The van der Waals surface area contributed by atoms with Crippen molar-refractivity contribution in [2.24, 2.45) is 0 Å². The Morgan fingerprint density at radius 1 is 1.00 bits per heavy atom. The number of fused-ring (bicyclic) bond motifs is 1. The lowest BCUT2D eigenvalue weighted by Crippen LogP contribution is -2.34. The number of carbonyl (C=O) groups is 1. The highest BCUT2D eigenvalue weighted by molar-refractivity contribution is 5.88. The summed E-state index contributed by atoms with van der Waals surface area (Å²) in [4.78, 5) is 14.9. The van der Waals surface area contributed by atoms with Gasteiger partial charge < -0.3 is 19.1 Å². The minimum atomic E-state index is -0.0155. The zero-order valence-electron chi connectivity index (χ0n) is 16.8. The van der Waals surface area contributed by atoms with Crippen LogP contribution >= 0.6 is 0 Å². The van der Waals surface area contributed by atoms with Gasteiger partial charge in [-0.25, -0.2) is 0 Å². The number of hydrogen-bond donors (Lipinski definition) is 0. The largest absolute Gasteiger partial charge is 0.497 e. The SMILES string of the molecule is COc1ccc([C@H]2CCCN2C(=O)COc2cccc3ccccc23)c(OC)c1. The van der Waals surface area contributed by atoms with Crippen LogP contribution < -0.4 is 14.2 Å². The average Bonchev–Trinajstić information content (AvgIpc) is 3.26. The van der Waals surface area contributed by atoms with Crippen molar-refractivity contribution in [1.29, 1.82) is 0 Å². The first-order chi connectivity index (χ1) is 14.2. The van der Waals surface area contributed by atoms with Crippen LogP contribution in [0.15, 0.2) is 60.7 Å². The van der Waals surface area contributed by atoms with E-state index >= 15 is 0 Å². The Bertz CT molecular complexity index is 1010. The van der Waals surface area contributed by atoms with Crippen LogP contribution in [0, 0.1) is 0 Å². The summed E-state index contributed by atoms with van der Waals surface area (Å²) in [5.74, 6) is 2.19. The minimum absolute atomic E-state index is 0.0144. The Balaban J connectivity index is 1.51. The van der Waals surface area contributed by atoms with Crippen molar-refractivity contribution in [2.75, 3.05) is 27.4 Å². The monoisotopic (exact) mass is 391 g/mol. The molecule has 3 aromatic rings. The predicted molar refractivity (Wildman–Crippen MR) is 113 cm³/mol. The molecule has 0 aliphatic carbocycles. The molecular weight excluding hydrogens is 366 g/mol. The zero-order chi connectivity index (χ0) is 20.2. The summed E-state index contributed by atoms with van der Waals surface area (Å²) < 4.78 is 16.8. The highest BCUT2D eigenvalue weighted by Crippen LogP contribution is 2.38. The van der Waals surface area contributed by atoms with Gasteiger partial charge in [0.15, 0.2) is 6.61 Å². The molecule has 5 nitrogen and oxygen atoms in total. The third-order valence-electron chi connectivity index (χ3n) is 5.47. The molecule has 0 N–H and O–H groups in total. The van der Waals surface area contributed by atoms with Crippen LogP contribution in [-0.2, 0) is 4.79 Å². The smallest absolute Gasteiger partial charge is 0.261 e. The fraction of sp³-hybridized carbons (Fsp3) is 0.292. The van der Waals surface area contributed by atoms with E-state index in [0.717, 1.165) is 53.0 Å². The van der Waals surface area contributed by atoms with Gasteiger partial charge in [0.2, 0.25) is 0 Å². The Morgan fingerprint density at radius 3 is 2.66 bits per heavy atom. The van der Waals surface area contributed by atoms with E-state index < -0.39 is 0 Å². The van der Waals surface area contributed by atoms with Gasteiger partial charge in [0, 0.05) is 23.6 Å². The fourth-order valence-electron chi connectivity index (χ4n) is 4.03. The number of benzene rings is 3. The van der Waals surface area contributed by atoms with Crippen molar-refractivity contribution < 1.29 is 19.0 Å². The first-order valence-electron chi connectivity index (χ1n) is 9.83. The van der Waals surface area contributed by atoms with Gasteiger partial charge in [0.05, 0.1) is 20.3 Å².